The average Bonchev–Trinajstić information content (AvgIpc) is 2.44. The van der Waals surface area contributed by atoms with Crippen LogP contribution in [-0.2, 0) is 6.54 Å². The minimum atomic E-state index is 0.710. The molecule has 0 amide bonds. The molecular formula is C15H28N4. The molecule has 108 valence electrons. The molecule has 0 unspecified atom stereocenters. The third kappa shape index (κ3) is 7.78. The maximum atomic E-state index is 4.26. The average molecular weight is 264 g/mol. The monoisotopic (exact) mass is 264 g/mol. The normalized spacial score (nSPS) is 10.6. The van der Waals surface area contributed by atoms with Gasteiger partial charge in [-0.3, -0.25) is 0 Å². The van der Waals surface area contributed by atoms with Crippen LogP contribution in [0.15, 0.2) is 12.4 Å². The van der Waals surface area contributed by atoms with Crippen LogP contribution in [0.4, 0.5) is 5.95 Å². The summed E-state index contributed by atoms with van der Waals surface area (Å²) in [6.07, 6.45) is 11.8. The van der Waals surface area contributed by atoms with Crippen molar-refractivity contribution < 1.29 is 0 Å². The number of anilines is 1. The molecule has 0 aromatic carbocycles. The second-order valence-corrected chi connectivity index (χ2v) is 4.89. The van der Waals surface area contributed by atoms with Crippen LogP contribution in [0, 0.1) is 0 Å². The molecule has 0 radical (unpaired) electrons. The third-order valence-electron chi connectivity index (χ3n) is 3.08. The highest BCUT2D eigenvalue weighted by Crippen LogP contribution is 2.04. The van der Waals surface area contributed by atoms with Gasteiger partial charge in [-0.15, -0.1) is 0 Å². The summed E-state index contributed by atoms with van der Waals surface area (Å²) in [5, 5.41) is 6.54. The van der Waals surface area contributed by atoms with Gasteiger partial charge in [0.05, 0.1) is 0 Å². The van der Waals surface area contributed by atoms with Crippen LogP contribution in [-0.4, -0.2) is 23.1 Å². The maximum Gasteiger partial charge on any atom is 0.222 e. The van der Waals surface area contributed by atoms with E-state index in [1.807, 2.05) is 19.3 Å². The van der Waals surface area contributed by atoms with Crippen LogP contribution < -0.4 is 10.6 Å². The molecule has 19 heavy (non-hydrogen) atoms. The largest absolute Gasteiger partial charge is 0.355 e. The first-order valence-corrected chi connectivity index (χ1v) is 7.62. The minimum Gasteiger partial charge on any atom is -0.355 e. The van der Waals surface area contributed by atoms with E-state index in [0.29, 0.717) is 5.95 Å². The lowest BCUT2D eigenvalue weighted by molar-refractivity contribution is 0.571. The molecule has 1 heterocycles. The number of nitrogens with zero attached hydrogens (tertiary/aromatic N) is 2. The van der Waals surface area contributed by atoms with Crippen LogP contribution in [0.5, 0.6) is 0 Å². The van der Waals surface area contributed by atoms with Crippen molar-refractivity contribution >= 4 is 5.95 Å². The Morgan fingerprint density at radius 2 is 1.63 bits per heavy atom. The molecule has 0 saturated carbocycles. The lowest BCUT2D eigenvalue weighted by atomic mass is 10.1. The van der Waals surface area contributed by atoms with Crippen molar-refractivity contribution in [2.24, 2.45) is 0 Å². The molecule has 4 heteroatoms. The molecule has 0 fully saturated rings. The summed E-state index contributed by atoms with van der Waals surface area (Å²) in [5.74, 6) is 0.710. The molecule has 4 nitrogen and oxygen atoms in total. The SMILES string of the molecule is CCCCCCCCNCc1cnc(NCC)nc1. The fraction of sp³-hybridized carbons (Fsp3) is 0.733. The highest BCUT2D eigenvalue weighted by molar-refractivity contribution is 5.24. The zero-order valence-corrected chi connectivity index (χ0v) is 12.4. The molecule has 0 atom stereocenters. The molecule has 0 bridgehead atoms. The second kappa shape index (κ2) is 10.7. The number of hydrogen-bond donors (Lipinski definition) is 2. The van der Waals surface area contributed by atoms with Crippen molar-refractivity contribution in [2.45, 2.75) is 58.9 Å². The van der Waals surface area contributed by atoms with Gasteiger partial charge in [-0.2, -0.15) is 0 Å². The molecule has 0 aliphatic rings. The Balaban J connectivity index is 2.02. The van der Waals surface area contributed by atoms with Crippen molar-refractivity contribution in [3.63, 3.8) is 0 Å². The smallest absolute Gasteiger partial charge is 0.222 e. The van der Waals surface area contributed by atoms with Crippen molar-refractivity contribution in [1.29, 1.82) is 0 Å². The molecule has 1 rings (SSSR count). The Morgan fingerprint density at radius 1 is 0.947 bits per heavy atom. The zero-order chi connectivity index (χ0) is 13.8. The van der Waals surface area contributed by atoms with E-state index >= 15 is 0 Å². The van der Waals surface area contributed by atoms with Gasteiger partial charge in [0.1, 0.15) is 0 Å². The van der Waals surface area contributed by atoms with E-state index in [0.717, 1.165) is 25.2 Å². The van der Waals surface area contributed by atoms with Gasteiger partial charge >= 0.3 is 0 Å². The summed E-state index contributed by atoms with van der Waals surface area (Å²) in [5.41, 5.74) is 1.15. The predicted octanol–water partition coefficient (Wildman–Crippen LogP) is 3.36. The maximum absolute atomic E-state index is 4.26. The molecule has 2 N–H and O–H groups in total. The molecule has 0 spiro atoms. The number of unbranched alkanes of at least 4 members (excludes halogenated alkanes) is 5. The predicted molar refractivity (Wildman–Crippen MR) is 81.3 cm³/mol. The van der Waals surface area contributed by atoms with Crippen LogP contribution in [0.1, 0.15) is 57.9 Å². The first kappa shape index (κ1) is 15.9. The Hall–Kier alpha value is -1.16. The third-order valence-corrected chi connectivity index (χ3v) is 3.08. The Kier molecular flexibility index (Phi) is 8.98. The van der Waals surface area contributed by atoms with Gasteiger partial charge in [0, 0.05) is 31.0 Å². The summed E-state index contributed by atoms with van der Waals surface area (Å²) in [4.78, 5) is 8.51. The fourth-order valence-electron chi connectivity index (χ4n) is 1.96. The van der Waals surface area contributed by atoms with Gasteiger partial charge in [0.15, 0.2) is 0 Å². The van der Waals surface area contributed by atoms with Gasteiger partial charge in [0.25, 0.3) is 0 Å². The second-order valence-electron chi connectivity index (χ2n) is 4.89. The lowest BCUT2D eigenvalue weighted by Crippen LogP contribution is -2.15. The van der Waals surface area contributed by atoms with E-state index in [9.17, 15) is 0 Å². The number of rotatable bonds is 11. The summed E-state index contributed by atoms with van der Waals surface area (Å²) in [6, 6.07) is 0. The molecule has 0 saturated heterocycles. The van der Waals surface area contributed by atoms with Crippen molar-refractivity contribution in [3.8, 4) is 0 Å². The highest BCUT2D eigenvalue weighted by Gasteiger charge is 1.96. The Labute approximate surface area is 117 Å². The molecule has 0 aliphatic heterocycles. The lowest BCUT2D eigenvalue weighted by Gasteiger charge is -2.05. The van der Waals surface area contributed by atoms with Crippen LogP contribution in [0.25, 0.3) is 0 Å². The molecule has 1 aromatic rings. The van der Waals surface area contributed by atoms with Crippen molar-refractivity contribution in [2.75, 3.05) is 18.4 Å². The van der Waals surface area contributed by atoms with Gasteiger partial charge in [-0.25, -0.2) is 9.97 Å². The zero-order valence-electron chi connectivity index (χ0n) is 12.4. The highest BCUT2D eigenvalue weighted by atomic mass is 15.1. The first-order chi connectivity index (χ1) is 9.36. The van der Waals surface area contributed by atoms with E-state index in [1.54, 1.807) is 0 Å². The summed E-state index contributed by atoms with van der Waals surface area (Å²) < 4.78 is 0. The van der Waals surface area contributed by atoms with E-state index < -0.39 is 0 Å². The van der Waals surface area contributed by atoms with Crippen LogP contribution >= 0.6 is 0 Å². The van der Waals surface area contributed by atoms with E-state index in [-0.39, 0.29) is 0 Å². The molecular weight excluding hydrogens is 236 g/mol. The van der Waals surface area contributed by atoms with Gasteiger partial charge in [-0.1, -0.05) is 39.0 Å². The van der Waals surface area contributed by atoms with E-state index in [1.165, 1.54) is 38.5 Å². The number of aromatic nitrogens is 2. The van der Waals surface area contributed by atoms with E-state index in [4.69, 9.17) is 0 Å². The standard InChI is InChI=1S/C15H28N4/c1-3-5-6-7-8-9-10-16-11-14-12-18-15(17-4-2)19-13-14/h12-13,16H,3-11H2,1-2H3,(H,17,18,19). The van der Waals surface area contributed by atoms with Crippen LogP contribution in [0.2, 0.25) is 0 Å². The van der Waals surface area contributed by atoms with E-state index in [2.05, 4.69) is 27.5 Å². The Morgan fingerprint density at radius 3 is 2.32 bits per heavy atom. The van der Waals surface area contributed by atoms with Crippen molar-refractivity contribution in [1.82, 2.24) is 15.3 Å². The quantitative estimate of drug-likeness (QED) is 0.602. The van der Waals surface area contributed by atoms with Crippen molar-refractivity contribution in [3.05, 3.63) is 18.0 Å². The minimum absolute atomic E-state index is 0.710. The van der Waals surface area contributed by atoms with Gasteiger partial charge < -0.3 is 10.6 Å². The summed E-state index contributed by atoms with van der Waals surface area (Å²) in [6.45, 7) is 7.10. The number of nitrogens with one attached hydrogen (secondary N) is 2. The van der Waals surface area contributed by atoms with Crippen LogP contribution in [0.3, 0.4) is 0 Å². The van der Waals surface area contributed by atoms with Gasteiger partial charge in [0.2, 0.25) is 5.95 Å². The van der Waals surface area contributed by atoms with Gasteiger partial charge in [-0.05, 0) is 19.9 Å². The topological polar surface area (TPSA) is 49.8 Å². The summed E-state index contributed by atoms with van der Waals surface area (Å²) >= 11 is 0. The number of hydrogen-bond acceptors (Lipinski definition) is 4. The summed E-state index contributed by atoms with van der Waals surface area (Å²) in [7, 11) is 0. The molecule has 0 aliphatic carbocycles. The molecule has 1 aromatic heterocycles. The first-order valence-electron chi connectivity index (χ1n) is 7.62. The Bertz CT molecular complexity index is 310. The fourth-order valence-corrected chi connectivity index (χ4v) is 1.96.